The van der Waals surface area contributed by atoms with Crippen LogP contribution in [0.25, 0.3) is 0 Å². The zero-order valence-corrected chi connectivity index (χ0v) is 6.44. The quantitative estimate of drug-likeness (QED) is 0.567. The minimum absolute atomic E-state index is 0.737. The van der Waals surface area contributed by atoms with Crippen LogP contribution >= 0.6 is 11.8 Å². The Bertz CT molecular complexity index is 262. The Balaban J connectivity index is 2.52. The van der Waals surface area contributed by atoms with Crippen molar-refractivity contribution < 1.29 is 4.74 Å². The number of nitrogens with zero attached hydrogens (tertiary/aromatic N) is 1. The van der Waals surface area contributed by atoms with Crippen LogP contribution in [0.1, 0.15) is 5.69 Å². The molecule has 52 valence electrons. The second-order valence-corrected chi connectivity index (χ2v) is 3.14. The van der Waals surface area contributed by atoms with Crippen molar-refractivity contribution in [2.75, 3.05) is 5.94 Å². The predicted molar refractivity (Wildman–Crippen MR) is 40.3 cm³/mol. The fraction of sp³-hybridized carbons (Fsp3) is 0.286. The summed E-state index contributed by atoms with van der Waals surface area (Å²) in [4.78, 5) is 5.33. The lowest BCUT2D eigenvalue weighted by molar-refractivity contribution is 0.395. The summed E-state index contributed by atoms with van der Waals surface area (Å²) in [5.41, 5.74) is 1.05. The highest BCUT2D eigenvalue weighted by molar-refractivity contribution is 7.99. The van der Waals surface area contributed by atoms with Crippen LogP contribution < -0.4 is 4.74 Å². The molecule has 2 nitrogen and oxygen atoms in total. The van der Waals surface area contributed by atoms with Gasteiger partial charge in [0.15, 0.2) is 5.75 Å². The van der Waals surface area contributed by atoms with Crippen LogP contribution in [-0.4, -0.2) is 10.9 Å². The molecule has 2 heterocycles. The van der Waals surface area contributed by atoms with Gasteiger partial charge in [-0.05, 0) is 13.0 Å². The SMILES string of the molecule is Cc1cc2c(cn1)OCS2. The molecule has 10 heavy (non-hydrogen) atoms. The molecular formula is C7H7NOS. The zero-order valence-electron chi connectivity index (χ0n) is 5.63. The van der Waals surface area contributed by atoms with Crippen molar-refractivity contribution in [1.82, 2.24) is 4.98 Å². The van der Waals surface area contributed by atoms with Gasteiger partial charge in [-0.25, -0.2) is 0 Å². The van der Waals surface area contributed by atoms with Crippen LogP contribution in [0.4, 0.5) is 0 Å². The number of aromatic nitrogens is 1. The minimum atomic E-state index is 0.737. The minimum Gasteiger partial charge on any atom is -0.480 e. The number of aryl methyl sites for hydroxylation is 1. The third-order valence-electron chi connectivity index (χ3n) is 1.40. The average Bonchev–Trinajstić information content (AvgIpc) is 2.33. The van der Waals surface area contributed by atoms with Crippen molar-refractivity contribution >= 4 is 11.8 Å². The van der Waals surface area contributed by atoms with E-state index >= 15 is 0 Å². The molecule has 0 aromatic carbocycles. The summed E-state index contributed by atoms with van der Waals surface area (Å²) in [5.74, 6) is 1.66. The van der Waals surface area contributed by atoms with Crippen molar-refractivity contribution in [3.8, 4) is 5.75 Å². The first-order valence-corrected chi connectivity index (χ1v) is 4.07. The fourth-order valence-corrected chi connectivity index (χ4v) is 1.72. The van der Waals surface area contributed by atoms with Crippen LogP contribution in [0.5, 0.6) is 5.75 Å². The van der Waals surface area contributed by atoms with Gasteiger partial charge in [0.05, 0.1) is 11.1 Å². The first-order chi connectivity index (χ1) is 4.86. The Labute approximate surface area is 63.6 Å². The Morgan fingerprint density at radius 1 is 1.70 bits per heavy atom. The number of hydrogen-bond acceptors (Lipinski definition) is 3. The summed E-state index contributed by atoms with van der Waals surface area (Å²) in [7, 11) is 0. The number of rotatable bonds is 0. The first kappa shape index (κ1) is 6.04. The molecule has 0 aliphatic carbocycles. The molecular weight excluding hydrogens is 146 g/mol. The van der Waals surface area contributed by atoms with Crippen LogP contribution in [0.15, 0.2) is 17.2 Å². The van der Waals surface area contributed by atoms with E-state index < -0.39 is 0 Å². The molecule has 0 radical (unpaired) electrons. The number of thioether (sulfide) groups is 1. The normalized spacial score (nSPS) is 14.5. The van der Waals surface area contributed by atoms with E-state index in [0.717, 1.165) is 17.4 Å². The second kappa shape index (κ2) is 2.16. The first-order valence-electron chi connectivity index (χ1n) is 3.08. The highest BCUT2D eigenvalue weighted by Crippen LogP contribution is 2.35. The van der Waals surface area contributed by atoms with Crippen molar-refractivity contribution in [3.05, 3.63) is 18.0 Å². The smallest absolute Gasteiger partial charge is 0.152 e. The topological polar surface area (TPSA) is 22.1 Å². The van der Waals surface area contributed by atoms with Crippen LogP contribution in [0.3, 0.4) is 0 Å². The van der Waals surface area contributed by atoms with E-state index in [1.165, 1.54) is 4.90 Å². The van der Waals surface area contributed by atoms with Crippen LogP contribution in [-0.2, 0) is 0 Å². The van der Waals surface area contributed by atoms with Crippen LogP contribution in [0.2, 0.25) is 0 Å². The van der Waals surface area contributed by atoms with Crippen molar-refractivity contribution in [2.24, 2.45) is 0 Å². The van der Waals surface area contributed by atoms with Gasteiger partial charge in [0.2, 0.25) is 0 Å². The van der Waals surface area contributed by atoms with Gasteiger partial charge in [0.25, 0.3) is 0 Å². The second-order valence-electron chi connectivity index (χ2n) is 2.18. The molecule has 0 fully saturated rings. The Hall–Kier alpha value is -0.700. The molecule has 3 heteroatoms. The highest BCUT2D eigenvalue weighted by Gasteiger charge is 2.11. The molecule has 0 spiro atoms. The molecule has 1 aliphatic heterocycles. The molecule has 1 aromatic rings. The zero-order chi connectivity index (χ0) is 6.97. The lowest BCUT2D eigenvalue weighted by atomic mass is 10.4. The molecule has 0 saturated carbocycles. The van der Waals surface area contributed by atoms with E-state index in [4.69, 9.17) is 4.74 Å². The largest absolute Gasteiger partial charge is 0.480 e. The van der Waals surface area contributed by atoms with Crippen LogP contribution in [0, 0.1) is 6.92 Å². The summed E-state index contributed by atoms with van der Waals surface area (Å²) in [5, 5.41) is 0. The van der Waals surface area contributed by atoms with Gasteiger partial charge in [0.1, 0.15) is 5.94 Å². The van der Waals surface area contributed by atoms with Gasteiger partial charge in [-0.1, -0.05) is 11.8 Å². The molecule has 2 rings (SSSR count). The fourth-order valence-electron chi connectivity index (χ4n) is 0.900. The van der Waals surface area contributed by atoms with Gasteiger partial charge in [0, 0.05) is 5.69 Å². The molecule has 1 aliphatic rings. The maximum atomic E-state index is 5.25. The van der Waals surface area contributed by atoms with Crippen molar-refractivity contribution in [1.29, 1.82) is 0 Å². The third-order valence-corrected chi connectivity index (χ3v) is 2.26. The lowest BCUT2D eigenvalue weighted by Crippen LogP contribution is -1.84. The molecule has 0 N–H and O–H groups in total. The van der Waals surface area contributed by atoms with E-state index in [1.807, 2.05) is 13.0 Å². The Morgan fingerprint density at radius 2 is 2.60 bits per heavy atom. The van der Waals surface area contributed by atoms with E-state index in [-0.39, 0.29) is 0 Å². The summed E-state index contributed by atoms with van der Waals surface area (Å²) in [6.07, 6.45) is 1.78. The molecule has 0 atom stereocenters. The molecule has 0 amide bonds. The predicted octanol–water partition coefficient (Wildman–Crippen LogP) is 1.83. The molecule has 0 bridgehead atoms. The van der Waals surface area contributed by atoms with E-state index in [1.54, 1.807) is 18.0 Å². The summed E-state index contributed by atoms with van der Waals surface area (Å²) in [6.45, 7) is 1.99. The number of fused-ring (bicyclic) bond motifs is 1. The maximum absolute atomic E-state index is 5.25. The van der Waals surface area contributed by atoms with Gasteiger partial charge in [-0.3, -0.25) is 4.98 Å². The summed E-state index contributed by atoms with van der Waals surface area (Å²) < 4.78 is 5.25. The highest BCUT2D eigenvalue weighted by atomic mass is 32.2. The number of ether oxygens (including phenoxy) is 1. The third kappa shape index (κ3) is 0.865. The van der Waals surface area contributed by atoms with Gasteiger partial charge >= 0.3 is 0 Å². The van der Waals surface area contributed by atoms with Crippen molar-refractivity contribution in [3.63, 3.8) is 0 Å². The van der Waals surface area contributed by atoms with E-state index in [9.17, 15) is 0 Å². The number of hydrogen-bond donors (Lipinski definition) is 0. The standard InChI is InChI=1S/C7H7NOS/c1-5-2-7-6(3-8-5)9-4-10-7/h2-3H,4H2,1H3. The van der Waals surface area contributed by atoms with Gasteiger partial charge in [-0.15, -0.1) is 0 Å². The average molecular weight is 153 g/mol. The van der Waals surface area contributed by atoms with E-state index in [2.05, 4.69) is 4.98 Å². The monoisotopic (exact) mass is 153 g/mol. The van der Waals surface area contributed by atoms with E-state index in [0.29, 0.717) is 0 Å². The Kier molecular flexibility index (Phi) is 1.31. The van der Waals surface area contributed by atoms with Crippen molar-refractivity contribution in [2.45, 2.75) is 11.8 Å². The maximum Gasteiger partial charge on any atom is 0.152 e. The summed E-state index contributed by atoms with van der Waals surface area (Å²) in [6, 6.07) is 2.05. The Morgan fingerprint density at radius 3 is 3.50 bits per heavy atom. The molecule has 0 unspecified atom stereocenters. The van der Waals surface area contributed by atoms with Gasteiger partial charge in [-0.2, -0.15) is 0 Å². The molecule has 0 saturated heterocycles. The lowest BCUT2D eigenvalue weighted by Gasteiger charge is -1.95. The molecule has 1 aromatic heterocycles. The van der Waals surface area contributed by atoms with Gasteiger partial charge < -0.3 is 4.74 Å². The summed E-state index contributed by atoms with van der Waals surface area (Å²) >= 11 is 1.72. The number of pyridine rings is 1.